The fraction of sp³-hybridized carbons (Fsp3) is 0.611. The molecule has 1 aromatic carbocycles. The van der Waals surface area contributed by atoms with Gasteiger partial charge in [0.2, 0.25) is 0 Å². The highest BCUT2D eigenvalue weighted by Gasteiger charge is 2.47. The Hall–Kier alpha value is -1.03. The molecule has 0 spiro atoms. The van der Waals surface area contributed by atoms with Crippen LogP contribution in [-0.4, -0.2) is 29.2 Å². The van der Waals surface area contributed by atoms with Crippen LogP contribution in [0.3, 0.4) is 0 Å². The molecule has 0 N–H and O–H groups in total. The lowest BCUT2D eigenvalue weighted by atomic mass is 10.1. The zero-order valence-electron chi connectivity index (χ0n) is 13.5. The highest BCUT2D eigenvalue weighted by Crippen LogP contribution is 2.46. The van der Waals surface area contributed by atoms with E-state index in [0.717, 1.165) is 17.4 Å². The normalized spacial score (nSPS) is 24.0. The van der Waals surface area contributed by atoms with Crippen LogP contribution in [-0.2, 0) is 4.74 Å². The van der Waals surface area contributed by atoms with Crippen molar-refractivity contribution in [1.82, 2.24) is 4.90 Å². The molecule has 0 radical (unpaired) electrons. The molecule has 2 aliphatic carbocycles. The first-order chi connectivity index (χ1) is 10.3. The van der Waals surface area contributed by atoms with Crippen LogP contribution < -0.4 is 0 Å². The molecular formula is C18H24BrNO2. The summed E-state index contributed by atoms with van der Waals surface area (Å²) in [6, 6.07) is 8.75. The van der Waals surface area contributed by atoms with E-state index in [1.165, 1.54) is 18.4 Å². The molecule has 3 rings (SSSR count). The van der Waals surface area contributed by atoms with E-state index in [-0.39, 0.29) is 6.09 Å². The minimum Gasteiger partial charge on any atom is -0.444 e. The summed E-state index contributed by atoms with van der Waals surface area (Å²) in [4.78, 5) is 14.5. The molecule has 1 amide bonds. The van der Waals surface area contributed by atoms with Crippen LogP contribution in [0.1, 0.15) is 51.5 Å². The van der Waals surface area contributed by atoms with Gasteiger partial charge in [-0.2, -0.15) is 0 Å². The summed E-state index contributed by atoms with van der Waals surface area (Å²) >= 11 is 3.47. The number of amides is 1. The average Bonchev–Trinajstić information content (AvgIpc) is 3.29. The van der Waals surface area contributed by atoms with Gasteiger partial charge >= 0.3 is 6.09 Å². The van der Waals surface area contributed by atoms with Crippen molar-refractivity contribution in [2.24, 2.45) is 5.92 Å². The van der Waals surface area contributed by atoms with E-state index in [4.69, 9.17) is 4.74 Å². The number of carbonyl (C=O) groups is 1. The molecule has 1 aromatic rings. The maximum absolute atomic E-state index is 12.5. The predicted octanol–water partition coefficient (Wildman–Crippen LogP) is 4.95. The molecule has 2 fully saturated rings. The number of hydrogen-bond donors (Lipinski definition) is 0. The maximum atomic E-state index is 12.5. The smallest absolute Gasteiger partial charge is 0.410 e. The number of nitrogens with zero attached hydrogens (tertiary/aromatic N) is 1. The third-order valence-corrected chi connectivity index (χ3v) is 4.76. The van der Waals surface area contributed by atoms with Crippen LogP contribution in [0, 0.1) is 5.92 Å². The van der Waals surface area contributed by atoms with Crippen LogP contribution in [0.2, 0.25) is 0 Å². The van der Waals surface area contributed by atoms with E-state index >= 15 is 0 Å². The van der Waals surface area contributed by atoms with Crippen molar-refractivity contribution in [3.05, 3.63) is 34.3 Å². The van der Waals surface area contributed by atoms with Gasteiger partial charge in [0, 0.05) is 23.0 Å². The highest BCUT2D eigenvalue weighted by atomic mass is 79.9. The first kappa shape index (κ1) is 15.9. The minimum absolute atomic E-state index is 0.149. The Labute approximate surface area is 141 Å². The van der Waals surface area contributed by atoms with Crippen LogP contribution in [0.15, 0.2) is 28.7 Å². The van der Waals surface area contributed by atoms with Gasteiger partial charge in [-0.25, -0.2) is 4.79 Å². The molecule has 0 heterocycles. The summed E-state index contributed by atoms with van der Waals surface area (Å²) in [6.07, 6.45) is 3.39. The molecule has 0 aromatic heterocycles. The van der Waals surface area contributed by atoms with Gasteiger partial charge in [0.25, 0.3) is 0 Å². The SMILES string of the molecule is CC(C)(C)OC(=O)N(CC1CC1)[C@@H]1C[C@H]1c1ccc(Br)cc1. The van der Waals surface area contributed by atoms with E-state index < -0.39 is 5.60 Å². The monoisotopic (exact) mass is 365 g/mol. The van der Waals surface area contributed by atoms with Gasteiger partial charge in [-0.1, -0.05) is 28.1 Å². The summed E-state index contributed by atoms with van der Waals surface area (Å²) in [5, 5.41) is 0. The third-order valence-electron chi connectivity index (χ3n) is 4.24. The molecule has 0 aliphatic heterocycles. The molecule has 120 valence electrons. The highest BCUT2D eigenvalue weighted by molar-refractivity contribution is 9.10. The zero-order chi connectivity index (χ0) is 15.9. The fourth-order valence-electron chi connectivity index (χ4n) is 2.84. The first-order valence-electron chi connectivity index (χ1n) is 8.08. The van der Waals surface area contributed by atoms with E-state index in [1.54, 1.807) is 0 Å². The summed E-state index contributed by atoms with van der Waals surface area (Å²) in [7, 11) is 0. The Balaban J connectivity index is 1.68. The first-order valence-corrected chi connectivity index (χ1v) is 8.88. The van der Waals surface area contributed by atoms with E-state index in [2.05, 4.69) is 40.2 Å². The summed E-state index contributed by atoms with van der Waals surface area (Å²) < 4.78 is 6.71. The van der Waals surface area contributed by atoms with Gasteiger partial charge in [-0.3, -0.25) is 0 Å². The van der Waals surface area contributed by atoms with Gasteiger partial charge < -0.3 is 9.64 Å². The Morgan fingerprint density at radius 3 is 2.45 bits per heavy atom. The van der Waals surface area contributed by atoms with Crippen LogP contribution in [0.4, 0.5) is 4.79 Å². The summed E-state index contributed by atoms with van der Waals surface area (Å²) in [5.41, 5.74) is 0.888. The fourth-order valence-corrected chi connectivity index (χ4v) is 3.10. The average molecular weight is 366 g/mol. The second-order valence-electron chi connectivity index (χ2n) is 7.54. The topological polar surface area (TPSA) is 29.5 Å². The van der Waals surface area contributed by atoms with Crippen molar-refractivity contribution < 1.29 is 9.53 Å². The molecular weight excluding hydrogens is 342 g/mol. The van der Waals surface area contributed by atoms with Gasteiger partial charge in [-0.05, 0) is 63.6 Å². The molecule has 0 saturated heterocycles. The molecule has 2 saturated carbocycles. The largest absolute Gasteiger partial charge is 0.444 e. The summed E-state index contributed by atoms with van der Waals surface area (Å²) in [5.74, 6) is 1.14. The van der Waals surface area contributed by atoms with E-state index in [9.17, 15) is 4.79 Å². The second-order valence-corrected chi connectivity index (χ2v) is 8.45. The molecule has 22 heavy (non-hydrogen) atoms. The number of halogens is 1. The lowest BCUT2D eigenvalue weighted by Crippen LogP contribution is -2.40. The van der Waals surface area contributed by atoms with Crippen molar-refractivity contribution in [3.8, 4) is 0 Å². The molecule has 3 nitrogen and oxygen atoms in total. The maximum Gasteiger partial charge on any atom is 0.410 e. The molecule has 0 unspecified atom stereocenters. The third kappa shape index (κ3) is 4.03. The minimum atomic E-state index is -0.430. The Kier molecular flexibility index (Phi) is 4.23. The Bertz CT molecular complexity index is 545. The predicted molar refractivity (Wildman–Crippen MR) is 91.0 cm³/mol. The van der Waals surface area contributed by atoms with Crippen LogP contribution in [0.5, 0.6) is 0 Å². The standard InChI is InChI=1S/C18H24BrNO2/c1-18(2,3)22-17(21)20(11-12-4-5-12)16-10-15(16)13-6-8-14(19)9-7-13/h6-9,12,15-16H,4-5,10-11H2,1-3H3/t15-,16+/m0/s1. The van der Waals surface area contributed by atoms with Gasteiger partial charge in [0.05, 0.1) is 0 Å². The van der Waals surface area contributed by atoms with Gasteiger partial charge in [-0.15, -0.1) is 0 Å². The number of ether oxygens (including phenoxy) is 1. The van der Waals surface area contributed by atoms with Crippen molar-refractivity contribution in [2.45, 2.75) is 57.6 Å². The van der Waals surface area contributed by atoms with Gasteiger partial charge in [0.1, 0.15) is 5.60 Å². The van der Waals surface area contributed by atoms with Crippen LogP contribution in [0.25, 0.3) is 0 Å². The second kappa shape index (κ2) is 5.88. The Morgan fingerprint density at radius 2 is 1.91 bits per heavy atom. The van der Waals surface area contributed by atoms with Gasteiger partial charge in [0.15, 0.2) is 0 Å². The van der Waals surface area contributed by atoms with Crippen molar-refractivity contribution in [1.29, 1.82) is 0 Å². The van der Waals surface area contributed by atoms with Crippen molar-refractivity contribution in [2.75, 3.05) is 6.54 Å². The van der Waals surface area contributed by atoms with Crippen molar-refractivity contribution >= 4 is 22.0 Å². The zero-order valence-corrected chi connectivity index (χ0v) is 15.1. The number of benzene rings is 1. The molecule has 4 heteroatoms. The molecule has 2 atom stereocenters. The van der Waals surface area contributed by atoms with E-state index in [1.807, 2.05) is 25.7 Å². The Morgan fingerprint density at radius 1 is 1.27 bits per heavy atom. The summed E-state index contributed by atoms with van der Waals surface area (Å²) in [6.45, 7) is 6.64. The number of rotatable bonds is 4. The number of carbonyl (C=O) groups excluding carboxylic acids is 1. The van der Waals surface area contributed by atoms with Crippen LogP contribution >= 0.6 is 15.9 Å². The number of hydrogen-bond acceptors (Lipinski definition) is 2. The quantitative estimate of drug-likeness (QED) is 0.754. The van der Waals surface area contributed by atoms with E-state index in [0.29, 0.717) is 17.9 Å². The molecule has 0 bridgehead atoms. The lowest BCUT2D eigenvalue weighted by Gasteiger charge is -2.28. The van der Waals surface area contributed by atoms with Crippen molar-refractivity contribution in [3.63, 3.8) is 0 Å². The molecule has 2 aliphatic rings. The lowest BCUT2D eigenvalue weighted by molar-refractivity contribution is 0.0220.